The van der Waals surface area contributed by atoms with E-state index < -0.39 is 0 Å². The van der Waals surface area contributed by atoms with Gasteiger partial charge in [0.1, 0.15) is 5.82 Å². The van der Waals surface area contributed by atoms with Crippen LogP contribution in [0.4, 0.5) is 5.82 Å². The van der Waals surface area contributed by atoms with Crippen LogP contribution >= 0.6 is 0 Å². The molecule has 0 unspecified atom stereocenters. The highest BCUT2D eigenvalue weighted by atomic mass is 15.0. The van der Waals surface area contributed by atoms with Crippen LogP contribution in [0, 0.1) is 6.92 Å². The predicted octanol–water partition coefficient (Wildman–Crippen LogP) is 2.05. The summed E-state index contributed by atoms with van der Waals surface area (Å²) in [5.41, 5.74) is 7.75. The van der Waals surface area contributed by atoms with E-state index in [0.717, 1.165) is 23.5 Å². The van der Waals surface area contributed by atoms with E-state index in [1.54, 1.807) is 0 Å². The molecule has 0 saturated heterocycles. The van der Waals surface area contributed by atoms with Crippen LogP contribution in [0.15, 0.2) is 30.1 Å². The standard InChI is InChI=1S/C11H17N3/c1-3-4-10(7-12)14-11-6-5-9(2)8-13-11/h4-6,8H,3,7,12H2,1-2H3,(H,13,14)/b10-4+. The molecule has 1 rings (SSSR count). The number of hydrogen-bond acceptors (Lipinski definition) is 3. The number of aryl methyl sites for hydroxylation is 1. The number of nitrogens with one attached hydrogen (secondary N) is 1. The first-order chi connectivity index (χ1) is 6.76. The van der Waals surface area contributed by atoms with Crippen molar-refractivity contribution < 1.29 is 0 Å². The van der Waals surface area contributed by atoms with Crippen molar-refractivity contribution in [3.05, 3.63) is 35.7 Å². The summed E-state index contributed by atoms with van der Waals surface area (Å²) in [5.74, 6) is 0.848. The Morgan fingerprint density at radius 2 is 2.36 bits per heavy atom. The van der Waals surface area contributed by atoms with Crippen molar-refractivity contribution in [3.63, 3.8) is 0 Å². The van der Waals surface area contributed by atoms with Crippen LogP contribution in [-0.4, -0.2) is 11.5 Å². The summed E-state index contributed by atoms with van der Waals surface area (Å²) in [6.07, 6.45) is 4.88. The summed E-state index contributed by atoms with van der Waals surface area (Å²) >= 11 is 0. The second kappa shape index (κ2) is 5.40. The highest BCUT2D eigenvalue weighted by Gasteiger charge is 1.95. The number of anilines is 1. The van der Waals surface area contributed by atoms with Crippen molar-refractivity contribution in [3.8, 4) is 0 Å². The summed E-state index contributed by atoms with van der Waals surface area (Å²) in [6, 6.07) is 3.98. The van der Waals surface area contributed by atoms with Crippen LogP contribution in [0.25, 0.3) is 0 Å². The highest BCUT2D eigenvalue weighted by Crippen LogP contribution is 2.07. The highest BCUT2D eigenvalue weighted by molar-refractivity contribution is 5.42. The van der Waals surface area contributed by atoms with Gasteiger partial charge in [-0.1, -0.05) is 19.1 Å². The SMILES string of the molecule is CC/C=C(\CN)Nc1ccc(C)cn1. The minimum atomic E-state index is 0.517. The first-order valence-corrected chi connectivity index (χ1v) is 4.85. The first-order valence-electron chi connectivity index (χ1n) is 4.85. The molecule has 76 valence electrons. The third-order valence-electron chi connectivity index (χ3n) is 1.87. The molecule has 14 heavy (non-hydrogen) atoms. The zero-order chi connectivity index (χ0) is 10.4. The second-order valence-corrected chi connectivity index (χ2v) is 3.19. The maximum atomic E-state index is 5.58. The van der Waals surface area contributed by atoms with E-state index in [1.165, 1.54) is 0 Å². The number of nitrogens with two attached hydrogens (primary N) is 1. The Morgan fingerprint density at radius 1 is 1.57 bits per heavy atom. The first kappa shape index (κ1) is 10.7. The van der Waals surface area contributed by atoms with Gasteiger partial charge in [-0.3, -0.25) is 0 Å². The van der Waals surface area contributed by atoms with E-state index in [2.05, 4.69) is 23.3 Å². The lowest BCUT2D eigenvalue weighted by Crippen LogP contribution is -2.12. The second-order valence-electron chi connectivity index (χ2n) is 3.19. The van der Waals surface area contributed by atoms with Crippen molar-refractivity contribution in [2.24, 2.45) is 5.73 Å². The monoisotopic (exact) mass is 191 g/mol. The van der Waals surface area contributed by atoms with Gasteiger partial charge in [-0.15, -0.1) is 0 Å². The molecule has 0 aliphatic carbocycles. The smallest absolute Gasteiger partial charge is 0.130 e. The molecule has 1 heterocycles. The van der Waals surface area contributed by atoms with Crippen LogP contribution in [-0.2, 0) is 0 Å². The molecule has 0 spiro atoms. The lowest BCUT2D eigenvalue weighted by molar-refractivity contribution is 1.08. The molecule has 0 amide bonds. The molecule has 1 aromatic rings. The molecule has 3 nitrogen and oxygen atoms in total. The van der Waals surface area contributed by atoms with Gasteiger partial charge in [0.05, 0.1) is 0 Å². The van der Waals surface area contributed by atoms with Gasteiger partial charge in [-0.2, -0.15) is 0 Å². The Morgan fingerprint density at radius 3 is 2.86 bits per heavy atom. The molecule has 0 bridgehead atoms. The number of hydrogen-bond donors (Lipinski definition) is 2. The topological polar surface area (TPSA) is 50.9 Å². The van der Waals surface area contributed by atoms with Crippen molar-refractivity contribution in [1.82, 2.24) is 4.98 Å². The summed E-state index contributed by atoms with van der Waals surface area (Å²) in [4.78, 5) is 4.24. The van der Waals surface area contributed by atoms with Crippen LogP contribution < -0.4 is 11.1 Å². The molecule has 0 aliphatic rings. The average molecular weight is 191 g/mol. The zero-order valence-electron chi connectivity index (χ0n) is 8.75. The third-order valence-corrected chi connectivity index (χ3v) is 1.87. The van der Waals surface area contributed by atoms with Gasteiger partial charge in [0.15, 0.2) is 0 Å². The lowest BCUT2D eigenvalue weighted by Gasteiger charge is -2.07. The molecule has 0 aromatic carbocycles. The van der Waals surface area contributed by atoms with E-state index in [9.17, 15) is 0 Å². The fraction of sp³-hybridized carbons (Fsp3) is 0.364. The number of rotatable bonds is 4. The number of allylic oxidation sites excluding steroid dienone is 1. The lowest BCUT2D eigenvalue weighted by atomic mass is 10.3. The van der Waals surface area contributed by atoms with Gasteiger partial charge in [-0.25, -0.2) is 4.98 Å². The molecular formula is C11H17N3. The van der Waals surface area contributed by atoms with Crippen LogP contribution in [0.5, 0.6) is 0 Å². The minimum absolute atomic E-state index is 0.517. The van der Waals surface area contributed by atoms with Gasteiger partial charge in [-0.05, 0) is 25.0 Å². The van der Waals surface area contributed by atoms with E-state index in [4.69, 9.17) is 5.73 Å². The zero-order valence-corrected chi connectivity index (χ0v) is 8.75. The maximum absolute atomic E-state index is 5.58. The minimum Gasteiger partial charge on any atom is -0.343 e. The van der Waals surface area contributed by atoms with Gasteiger partial charge in [0.2, 0.25) is 0 Å². The van der Waals surface area contributed by atoms with Gasteiger partial charge >= 0.3 is 0 Å². The van der Waals surface area contributed by atoms with E-state index >= 15 is 0 Å². The summed E-state index contributed by atoms with van der Waals surface area (Å²) in [5, 5.41) is 3.18. The van der Waals surface area contributed by atoms with Crippen molar-refractivity contribution in [1.29, 1.82) is 0 Å². The Balaban J connectivity index is 2.67. The Labute approximate surface area is 85.0 Å². The molecule has 3 N–H and O–H groups in total. The van der Waals surface area contributed by atoms with Crippen LogP contribution in [0.2, 0.25) is 0 Å². The predicted molar refractivity (Wildman–Crippen MR) is 60.0 cm³/mol. The van der Waals surface area contributed by atoms with Crippen molar-refractivity contribution in [2.75, 3.05) is 11.9 Å². The van der Waals surface area contributed by atoms with Crippen LogP contribution in [0.3, 0.4) is 0 Å². The number of pyridine rings is 1. The molecule has 3 heteroatoms. The van der Waals surface area contributed by atoms with Crippen molar-refractivity contribution in [2.45, 2.75) is 20.3 Å². The van der Waals surface area contributed by atoms with Gasteiger partial charge in [0.25, 0.3) is 0 Å². The quantitative estimate of drug-likeness (QED) is 0.765. The molecule has 0 atom stereocenters. The van der Waals surface area contributed by atoms with E-state index in [1.807, 2.05) is 25.3 Å². The normalized spacial score (nSPS) is 11.5. The molecule has 0 saturated carbocycles. The fourth-order valence-electron chi connectivity index (χ4n) is 1.14. The number of aromatic nitrogens is 1. The van der Waals surface area contributed by atoms with E-state index in [-0.39, 0.29) is 0 Å². The van der Waals surface area contributed by atoms with Crippen LogP contribution in [0.1, 0.15) is 18.9 Å². The fourth-order valence-corrected chi connectivity index (χ4v) is 1.14. The molecule has 0 aliphatic heterocycles. The summed E-state index contributed by atoms with van der Waals surface area (Å²) < 4.78 is 0. The summed E-state index contributed by atoms with van der Waals surface area (Å²) in [7, 11) is 0. The Bertz CT molecular complexity index is 301. The third kappa shape index (κ3) is 3.18. The molecule has 1 aromatic heterocycles. The molecule has 0 radical (unpaired) electrons. The van der Waals surface area contributed by atoms with Gasteiger partial charge < -0.3 is 11.1 Å². The number of nitrogens with zero attached hydrogens (tertiary/aromatic N) is 1. The maximum Gasteiger partial charge on any atom is 0.130 e. The van der Waals surface area contributed by atoms with Crippen molar-refractivity contribution >= 4 is 5.82 Å². The summed E-state index contributed by atoms with van der Waals surface area (Å²) in [6.45, 7) is 4.62. The van der Waals surface area contributed by atoms with E-state index in [0.29, 0.717) is 6.54 Å². The Kier molecular flexibility index (Phi) is 4.13. The molecular weight excluding hydrogens is 174 g/mol. The van der Waals surface area contributed by atoms with Gasteiger partial charge in [0, 0.05) is 18.4 Å². The molecule has 0 fully saturated rings. The largest absolute Gasteiger partial charge is 0.343 e. The average Bonchev–Trinajstić information content (AvgIpc) is 2.20. The Hall–Kier alpha value is -1.35.